The number of ether oxygens (including phenoxy) is 2. The van der Waals surface area contributed by atoms with Crippen LogP contribution in [0.15, 0.2) is 0 Å². The Bertz CT molecular complexity index is 60.7. The summed E-state index contributed by atoms with van der Waals surface area (Å²) >= 11 is 0. The molecule has 3 heteroatoms. The van der Waals surface area contributed by atoms with Crippen molar-refractivity contribution in [1.82, 2.24) is 0 Å². The van der Waals surface area contributed by atoms with E-state index in [0.29, 0.717) is 0 Å². The SMILES string of the molecule is COC(C)(C)OCO. The smallest absolute Gasteiger partial charge is 0.165 e. The number of hydrogen-bond donors (Lipinski definition) is 1. The Balaban J connectivity index is 3.37. The Morgan fingerprint density at radius 3 is 2.12 bits per heavy atom. The number of hydrogen-bond acceptors (Lipinski definition) is 3. The third-order valence-corrected chi connectivity index (χ3v) is 0.904. The van der Waals surface area contributed by atoms with Crippen LogP contribution in [0.2, 0.25) is 0 Å². The van der Waals surface area contributed by atoms with Gasteiger partial charge in [-0.1, -0.05) is 0 Å². The molecule has 1 N–H and O–H groups in total. The second-order valence-electron chi connectivity index (χ2n) is 1.88. The van der Waals surface area contributed by atoms with Gasteiger partial charge < -0.3 is 14.6 Å². The summed E-state index contributed by atoms with van der Waals surface area (Å²) in [6.45, 7) is 3.15. The standard InChI is InChI=1S/C5H12O3/c1-5(2,7-3)8-4-6/h6H,4H2,1-3H3. The normalized spacial score (nSPS) is 12.0. The summed E-state index contributed by atoms with van der Waals surface area (Å²) in [6.07, 6.45) is 0. The lowest BCUT2D eigenvalue weighted by Gasteiger charge is -2.21. The predicted molar refractivity (Wildman–Crippen MR) is 29.3 cm³/mol. The van der Waals surface area contributed by atoms with Crippen molar-refractivity contribution in [2.45, 2.75) is 19.6 Å². The first-order valence-corrected chi connectivity index (χ1v) is 2.42. The number of rotatable bonds is 3. The Labute approximate surface area is 49.2 Å². The summed E-state index contributed by atoms with van der Waals surface area (Å²) in [6, 6.07) is 0. The molecule has 0 bridgehead atoms. The molecule has 0 aliphatic heterocycles. The Morgan fingerprint density at radius 2 is 2.00 bits per heavy atom. The molecular weight excluding hydrogens is 108 g/mol. The lowest BCUT2D eigenvalue weighted by atomic mass is 10.4. The van der Waals surface area contributed by atoms with Gasteiger partial charge in [0.05, 0.1) is 0 Å². The Morgan fingerprint density at radius 1 is 1.50 bits per heavy atom. The highest BCUT2D eigenvalue weighted by atomic mass is 16.7. The maximum atomic E-state index is 8.23. The Kier molecular flexibility index (Phi) is 2.97. The van der Waals surface area contributed by atoms with Crippen LogP contribution in [-0.2, 0) is 9.47 Å². The van der Waals surface area contributed by atoms with Gasteiger partial charge in [-0.2, -0.15) is 0 Å². The second kappa shape index (κ2) is 3.02. The van der Waals surface area contributed by atoms with E-state index in [1.54, 1.807) is 13.8 Å². The number of aliphatic hydroxyl groups excluding tert-OH is 1. The minimum Gasteiger partial charge on any atom is -0.371 e. The van der Waals surface area contributed by atoms with Gasteiger partial charge >= 0.3 is 0 Å². The van der Waals surface area contributed by atoms with E-state index in [9.17, 15) is 0 Å². The first kappa shape index (κ1) is 7.88. The summed E-state index contributed by atoms with van der Waals surface area (Å²) < 4.78 is 9.51. The molecule has 0 amide bonds. The van der Waals surface area contributed by atoms with Gasteiger partial charge in [0, 0.05) is 7.11 Å². The van der Waals surface area contributed by atoms with Crippen molar-refractivity contribution in [3.8, 4) is 0 Å². The highest BCUT2D eigenvalue weighted by Gasteiger charge is 2.14. The molecule has 0 atom stereocenters. The molecule has 0 unspecified atom stereocenters. The van der Waals surface area contributed by atoms with E-state index in [1.807, 2.05) is 0 Å². The van der Waals surface area contributed by atoms with Gasteiger partial charge in [-0.05, 0) is 13.8 Å². The van der Waals surface area contributed by atoms with E-state index in [2.05, 4.69) is 0 Å². The van der Waals surface area contributed by atoms with Gasteiger partial charge in [-0.3, -0.25) is 0 Å². The summed E-state index contributed by atoms with van der Waals surface area (Å²) in [7, 11) is 1.52. The molecule has 0 aliphatic rings. The molecule has 3 nitrogen and oxygen atoms in total. The van der Waals surface area contributed by atoms with Gasteiger partial charge in [0.15, 0.2) is 5.79 Å². The van der Waals surface area contributed by atoms with Crippen molar-refractivity contribution in [3.05, 3.63) is 0 Å². The highest BCUT2D eigenvalue weighted by molar-refractivity contribution is 4.48. The maximum Gasteiger partial charge on any atom is 0.165 e. The minimum absolute atomic E-state index is 0.305. The van der Waals surface area contributed by atoms with Crippen molar-refractivity contribution in [2.24, 2.45) is 0 Å². The van der Waals surface area contributed by atoms with E-state index in [1.165, 1.54) is 7.11 Å². The van der Waals surface area contributed by atoms with Crippen LogP contribution in [0.4, 0.5) is 0 Å². The van der Waals surface area contributed by atoms with Crippen LogP contribution in [0.5, 0.6) is 0 Å². The van der Waals surface area contributed by atoms with Crippen molar-refractivity contribution >= 4 is 0 Å². The van der Waals surface area contributed by atoms with E-state index in [0.717, 1.165) is 0 Å². The van der Waals surface area contributed by atoms with E-state index in [-0.39, 0.29) is 6.79 Å². The zero-order valence-corrected chi connectivity index (χ0v) is 5.47. The fraction of sp³-hybridized carbons (Fsp3) is 1.00. The van der Waals surface area contributed by atoms with Crippen LogP contribution in [-0.4, -0.2) is 24.8 Å². The lowest BCUT2D eigenvalue weighted by molar-refractivity contribution is -0.230. The van der Waals surface area contributed by atoms with Gasteiger partial charge in [0.1, 0.15) is 6.79 Å². The van der Waals surface area contributed by atoms with Crippen molar-refractivity contribution in [1.29, 1.82) is 0 Å². The summed E-state index contributed by atoms with van der Waals surface area (Å²) in [5, 5.41) is 8.23. The van der Waals surface area contributed by atoms with Crippen LogP contribution in [0, 0.1) is 0 Å². The van der Waals surface area contributed by atoms with Gasteiger partial charge in [0.25, 0.3) is 0 Å². The zero-order valence-electron chi connectivity index (χ0n) is 5.47. The topological polar surface area (TPSA) is 38.7 Å². The largest absolute Gasteiger partial charge is 0.371 e. The molecule has 0 aliphatic carbocycles. The van der Waals surface area contributed by atoms with Crippen LogP contribution in [0.25, 0.3) is 0 Å². The highest BCUT2D eigenvalue weighted by Crippen LogP contribution is 2.06. The molecular formula is C5H12O3. The summed E-state index contributed by atoms with van der Waals surface area (Å²) in [5.41, 5.74) is 0. The first-order valence-electron chi connectivity index (χ1n) is 2.42. The second-order valence-corrected chi connectivity index (χ2v) is 1.88. The molecule has 0 rings (SSSR count). The van der Waals surface area contributed by atoms with Crippen LogP contribution in [0.1, 0.15) is 13.8 Å². The monoisotopic (exact) mass is 120 g/mol. The molecule has 0 spiro atoms. The maximum absolute atomic E-state index is 8.23. The molecule has 8 heavy (non-hydrogen) atoms. The van der Waals surface area contributed by atoms with Crippen molar-refractivity contribution in [3.63, 3.8) is 0 Å². The fourth-order valence-corrected chi connectivity index (χ4v) is 0.214. The van der Waals surface area contributed by atoms with Crippen LogP contribution < -0.4 is 0 Å². The quantitative estimate of drug-likeness (QED) is 0.546. The molecule has 0 aromatic carbocycles. The molecule has 50 valence electrons. The van der Waals surface area contributed by atoms with Gasteiger partial charge in [-0.25, -0.2) is 0 Å². The van der Waals surface area contributed by atoms with E-state index in [4.69, 9.17) is 14.6 Å². The third kappa shape index (κ3) is 2.96. The average molecular weight is 120 g/mol. The predicted octanol–water partition coefficient (Wildman–Crippen LogP) is 0.335. The van der Waals surface area contributed by atoms with Gasteiger partial charge in [0.2, 0.25) is 0 Å². The summed E-state index contributed by atoms with van der Waals surface area (Å²) in [4.78, 5) is 0. The van der Waals surface area contributed by atoms with Crippen LogP contribution >= 0.6 is 0 Å². The molecule has 0 saturated carbocycles. The third-order valence-electron chi connectivity index (χ3n) is 0.904. The molecule has 0 saturated heterocycles. The number of methoxy groups -OCH3 is 1. The van der Waals surface area contributed by atoms with Gasteiger partial charge in [-0.15, -0.1) is 0 Å². The van der Waals surface area contributed by atoms with Crippen molar-refractivity contribution in [2.75, 3.05) is 13.9 Å². The number of aliphatic hydroxyl groups is 1. The van der Waals surface area contributed by atoms with Crippen molar-refractivity contribution < 1.29 is 14.6 Å². The first-order chi connectivity index (χ1) is 3.62. The summed E-state index contributed by atoms with van der Waals surface area (Å²) in [5.74, 6) is -0.658. The molecule has 0 radical (unpaired) electrons. The lowest BCUT2D eigenvalue weighted by Crippen LogP contribution is -2.26. The van der Waals surface area contributed by atoms with E-state index >= 15 is 0 Å². The van der Waals surface area contributed by atoms with E-state index < -0.39 is 5.79 Å². The Hall–Kier alpha value is -0.120. The molecule has 0 fully saturated rings. The molecule has 0 heterocycles. The fourth-order valence-electron chi connectivity index (χ4n) is 0.214. The molecule has 0 aromatic heterocycles. The zero-order chi connectivity index (χ0) is 6.62. The van der Waals surface area contributed by atoms with Crippen LogP contribution in [0.3, 0.4) is 0 Å². The average Bonchev–Trinajstić information content (AvgIpc) is 1.67. The molecule has 0 aromatic rings. The minimum atomic E-state index is -0.658.